The van der Waals surface area contributed by atoms with Gasteiger partial charge in [0.25, 0.3) is 0 Å². The largest absolute Gasteiger partial charge is 0.461 e. The number of esters is 1. The summed E-state index contributed by atoms with van der Waals surface area (Å²) in [6.07, 6.45) is 0. The zero-order valence-electron chi connectivity index (χ0n) is 12.1. The second kappa shape index (κ2) is 6.26. The predicted molar refractivity (Wildman–Crippen MR) is 83.8 cm³/mol. The Hall–Kier alpha value is -1.88. The molecule has 2 rings (SSSR count). The van der Waals surface area contributed by atoms with Gasteiger partial charge >= 0.3 is 5.97 Å². The first-order valence-corrected chi connectivity index (χ1v) is 7.41. The summed E-state index contributed by atoms with van der Waals surface area (Å²) >= 11 is 3.35. The monoisotopic (exact) mass is 349 g/mol. The van der Waals surface area contributed by atoms with E-state index >= 15 is 0 Å². The Morgan fingerprint density at radius 2 is 2.00 bits per heavy atom. The number of benzene rings is 1. The van der Waals surface area contributed by atoms with Crippen LogP contribution in [0.15, 0.2) is 28.7 Å². The lowest BCUT2D eigenvalue weighted by Crippen LogP contribution is -2.08. The zero-order valence-corrected chi connectivity index (χ0v) is 13.7. The second-order valence-corrected chi connectivity index (χ2v) is 5.60. The molecule has 0 atom stereocenters. The number of carbonyl (C=O) groups is 2. The van der Waals surface area contributed by atoms with Gasteiger partial charge < -0.3 is 9.72 Å². The minimum atomic E-state index is -0.439. The molecule has 1 heterocycles. The molecular weight excluding hydrogens is 334 g/mol. The van der Waals surface area contributed by atoms with E-state index in [2.05, 4.69) is 20.9 Å². The molecule has 4 nitrogen and oxygen atoms in total. The smallest absolute Gasteiger partial charge is 0.355 e. The molecule has 1 aromatic heterocycles. The van der Waals surface area contributed by atoms with Crippen LogP contribution in [0.1, 0.15) is 44.6 Å². The molecule has 0 radical (unpaired) electrons. The number of carbonyl (C=O) groups excluding carboxylic acids is 2. The number of hydrogen-bond acceptors (Lipinski definition) is 3. The van der Waals surface area contributed by atoms with Crippen molar-refractivity contribution in [2.45, 2.75) is 20.8 Å². The first-order chi connectivity index (χ1) is 9.95. The van der Waals surface area contributed by atoms with Gasteiger partial charge in [0.05, 0.1) is 6.61 Å². The number of hydrogen-bond donors (Lipinski definition) is 1. The molecule has 1 aromatic carbocycles. The Kier molecular flexibility index (Phi) is 4.63. The van der Waals surface area contributed by atoms with Gasteiger partial charge in [-0.15, -0.1) is 0 Å². The van der Waals surface area contributed by atoms with Gasteiger partial charge in [-0.1, -0.05) is 28.1 Å². The highest BCUT2D eigenvalue weighted by molar-refractivity contribution is 9.10. The van der Waals surface area contributed by atoms with Crippen LogP contribution in [0, 0.1) is 13.8 Å². The minimum absolute atomic E-state index is 0.113. The molecule has 2 aromatic rings. The number of aromatic nitrogens is 1. The highest BCUT2D eigenvalue weighted by Crippen LogP contribution is 2.23. The number of H-pyrrole nitrogens is 1. The van der Waals surface area contributed by atoms with E-state index in [0.717, 1.165) is 4.47 Å². The fourth-order valence-electron chi connectivity index (χ4n) is 2.27. The summed E-state index contributed by atoms with van der Waals surface area (Å²) in [4.78, 5) is 27.5. The number of nitrogens with one attached hydrogen (secondary N) is 1. The number of aromatic amines is 1. The summed E-state index contributed by atoms with van der Waals surface area (Å²) in [5.74, 6) is -0.551. The van der Waals surface area contributed by atoms with Crippen molar-refractivity contribution >= 4 is 27.7 Å². The normalized spacial score (nSPS) is 10.5. The maximum absolute atomic E-state index is 12.6. The van der Waals surface area contributed by atoms with Crippen molar-refractivity contribution in [1.82, 2.24) is 4.98 Å². The first kappa shape index (κ1) is 15.5. The molecule has 0 unspecified atom stereocenters. The van der Waals surface area contributed by atoms with Crippen LogP contribution in [0.5, 0.6) is 0 Å². The van der Waals surface area contributed by atoms with Crippen molar-refractivity contribution in [1.29, 1.82) is 0 Å². The molecule has 0 bridgehead atoms. The van der Waals surface area contributed by atoms with Crippen molar-refractivity contribution in [3.63, 3.8) is 0 Å². The SMILES string of the molecule is CCOC(=O)c1[nH]c(C)c(C(=O)c2cccc(Br)c2)c1C. The van der Waals surface area contributed by atoms with Crippen molar-refractivity contribution < 1.29 is 14.3 Å². The first-order valence-electron chi connectivity index (χ1n) is 6.62. The Morgan fingerprint density at radius 3 is 2.62 bits per heavy atom. The lowest BCUT2D eigenvalue weighted by Gasteiger charge is -2.03. The molecule has 0 saturated heterocycles. The molecule has 0 saturated carbocycles. The van der Waals surface area contributed by atoms with Crippen molar-refractivity contribution in [3.8, 4) is 0 Å². The van der Waals surface area contributed by atoms with Gasteiger partial charge in [0.2, 0.25) is 0 Å². The van der Waals surface area contributed by atoms with Crippen LogP contribution in [-0.4, -0.2) is 23.3 Å². The summed E-state index contributed by atoms with van der Waals surface area (Å²) in [6, 6.07) is 7.18. The summed E-state index contributed by atoms with van der Waals surface area (Å²) in [7, 11) is 0. The van der Waals surface area contributed by atoms with E-state index in [1.807, 2.05) is 6.07 Å². The number of rotatable bonds is 4. The van der Waals surface area contributed by atoms with E-state index in [1.54, 1.807) is 39.0 Å². The van der Waals surface area contributed by atoms with Crippen molar-refractivity contribution in [3.05, 3.63) is 56.8 Å². The molecule has 110 valence electrons. The van der Waals surface area contributed by atoms with Gasteiger partial charge in [-0.05, 0) is 38.5 Å². The van der Waals surface area contributed by atoms with Crippen LogP contribution in [0.4, 0.5) is 0 Å². The maximum Gasteiger partial charge on any atom is 0.355 e. The van der Waals surface area contributed by atoms with Crippen LogP contribution in [0.3, 0.4) is 0 Å². The quantitative estimate of drug-likeness (QED) is 0.674. The molecular formula is C16H16BrNO3. The highest BCUT2D eigenvalue weighted by Gasteiger charge is 2.23. The highest BCUT2D eigenvalue weighted by atomic mass is 79.9. The molecule has 0 aliphatic carbocycles. The molecule has 21 heavy (non-hydrogen) atoms. The van der Waals surface area contributed by atoms with E-state index in [0.29, 0.717) is 34.7 Å². The van der Waals surface area contributed by atoms with Gasteiger partial charge in [-0.3, -0.25) is 4.79 Å². The standard InChI is InChI=1S/C16H16BrNO3/c1-4-21-16(20)14-9(2)13(10(3)18-14)15(19)11-6-5-7-12(17)8-11/h5-8,18H,4H2,1-3H3. The number of aryl methyl sites for hydroxylation is 1. The van der Waals surface area contributed by atoms with Crippen LogP contribution >= 0.6 is 15.9 Å². The number of ether oxygens (including phenoxy) is 1. The molecule has 1 N–H and O–H groups in total. The van der Waals surface area contributed by atoms with Crippen LogP contribution in [-0.2, 0) is 4.74 Å². The summed E-state index contributed by atoms with van der Waals surface area (Å²) < 4.78 is 5.83. The third kappa shape index (κ3) is 3.08. The number of halogens is 1. The lowest BCUT2D eigenvalue weighted by molar-refractivity contribution is 0.0519. The third-order valence-electron chi connectivity index (χ3n) is 3.23. The molecule has 0 fully saturated rings. The van der Waals surface area contributed by atoms with Gasteiger partial charge in [-0.2, -0.15) is 0 Å². The van der Waals surface area contributed by atoms with E-state index in [9.17, 15) is 9.59 Å². The molecule has 0 spiro atoms. The van der Waals surface area contributed by atoms with Crippen molar-refractivity contribution in [2.75, 3.05) is 6.61 Å². The number of ketones is 1. The van der Waals surface area contributed by atoms with Crippen LogP contribution in [0.2, 0.25) is 0 Å². The minimum Gasteiger partial charge on any atom is -0.461 e. The third-order valence-corrected chi connectivity index (χ3v) is 3.72. The van der Waals surface area contributed by atoms with E-state index in [-0.39, 0.29) is 5.78 Å². The molecule has 0 aliphatic heterocycles. The van der Waals surface area contributed by atoms with Gasteiger partial charge in [0.1, 0.15) is 5.69 Å². The molecule has 0 amide bonds. The summed E-state index contributed by atoms with van der Waals surface area (Å²) in [5, 5.41) is 0. The average molecular weight is 350 g/mol. The Bertz CT molecular complexity index is 704. The summed E-state index contributed by atoms with van der Waals surface area (Å²) in [5.41, 5.74) is 2.73. The Labute approximate surface area is 131 Å². The van der Waals surface area contributed by atoms with E-state index in [1.165, 1.54) is 0 Å². The zero-order chi connectivity index (χ0) is 15.6. The van der Waals surface area contributed by atoms with Crippen LogP contribution in [0.25, 0.3) is 0 Å². The maximum atomic E-state index is 12.6. The lowest BCUT2D eigenvalue weighted by atomic mass is 10.00. The van der Waals surface area contributed by atoms with Crippen molar-refractivity contribution in [2.24, 2.45) is 0 Å². The predicted octanol–water partition coefficient (Wildman–Crippen LogP) is 3.80. The Morgan fingerprint density at radius 1 is 1.29 bits per heavy atom. The Balaban J connectivity index is 2.45. The second-order valence-electron chi connectivity index (χ2n) is 4.68. The van der Waals surface area contributed by atoms with E-state index in [4.69, 9.17) is 4.74 Å². The van der Waals surface area contributed by atoms with Gasteiger partial charge in [-0.25, -0.2) is 4.79 Å². The molecule has 5 heteroatoms. The van der Waals surface area contributed by atoms with Gasteiger partial charge in [0.15, 0.2) is 5.78 Å². The summed E-state index contributed by atoms with van der Waals surface area (Å²) in [6.45, 7) is 5.57. The average Bonchev–Trinajstić information content (AvgIpc) is 2.73. The topological polar surface area (TPSA) is 59.2 Å². The van der Waals surface area contributed by atoms with Gasteiger partial charge in [0, 0.05) is 21.3 Å². The van der Waals surface area contributed by atoms with Crippen LogP contribution < -0.4 is 0 Å². The van der Waals surface area contributed by atoms with E-state index < -0.39 is 5.97 Å². The molecule has 0 aliphatic rings. The fourth-order valence-corrected chi connectivity index (χ4v) is 2.67. The fraction of sp³-hybridized carbons (Fsp3) is 0.250.